The predicted octanol–water partition coefficient (Wildman–Crippen LogP) is 4.37. The first-order chi connectivity index (χ1) is 13.1. The molecule has 0 bridgehead atoms. The summed E-state index contributed by atoms with van der Waals surface area (Å²) in [7, 11) is 1.62. The molecular formula is C19H14F2N4OS. The van der Waals surface area contributed by atoms with Gasteiger partial charge in [0, 0.05) is 11.3 Å². The van der Waals surface area contributed by atoms with Crippen LogP contribution >= 0.6 is 11.8 Å². The third-order valence-corrected chi connectivity index (χ3v) is 4.96. The molecule has 0 aliphatic carbocycles. The molecule has 2 aromatic carbocycles. The molecule has 0 unspecified atom stereocenters. The summed E-state index contributed by atoms with van der Waals surface area (Å²) in [6.45, 7) is 0. The van der Waals surface area contributed by atoms with Crippen LogP contribution in [-0.2, 0) is 5.75 Å². The topological polar surface area (TPSA) is 52.3 Å². The molecule has 0 N–H and O–H groups in total. The van der Waals surface area contributed by atoms with E-state index in [1.807, 2.05) is 36.4 Å². The Morgan fingerprint density at radius 1 is 0.963 bits per heavy atom. The Kier molecular flexibility index (Phi) is 4.72. The Morgan fingerprint density at radius 3 is 2.52 bits per heavy atom. The highest BCUT2D eigenvalue weighted by molar-refractivity contribution is 7.98. The molecule has 0 spiro atoms. The second kappa shape index (κ2) is 7.32. The number of thioether (sulfide) groups is 1. The van der Waals surface area contributed by atoms with Crippen molar-refractivity contribution in [3.05, 3.63) is 71.8 Å². The molecule has 0 aliphatic rings. The molecule has 2 aromatic heterocycles. The Hall–Kier alpha value is -3.00. The van der Waals surface area contributed by atoms with E-state index in [1.165, 1.54) is 17.8 Å². The number of hydrogen-bond donors (Lipinski definition) is 0. The quantitative estimate of drug-likeness (QED) is 0.478. The van der Waals surface area contributed by atoms with Gasteiger partial charge in [-0.3, -0.25) is 0 Å². The van der Waals surface area contributed by atoms with Crippen LogP contribution in [0.1, 0.15) is 5.56 Å². The fourth-order valence-electron chi connectivity index (χ4n) is 2.55. The maximum Gasteiger partial charge on any atom is 0.212 e. The van der Waals surface area contributed by atoms with E-state index >= 15 is 0 Å². The first-order valence-corrected chi connectivity index (χ1v) is 9.06. The number of ether oxygens (including phenoxy) is 1. The maximum absolute atomic E-state index is 13.4. The molecule has 8 heteroatoms. The van der Waals surface area contributed by atoms with Gasteiger partial charge in [-0.2, -0.15) is 9.61 Å². The normalized spacial score (nSPS) is 11.1. The van der Waals surface area contributed by atoms with Crippen molar-refractivity contribution in [3.63, 3.8) is 0 Å². The summed E-state index contributed by atoms with van der Waals surface area (Å²) < 4.78 is 33.2. The standard InChI is InChI=1S/C19H14F2N4OS/c1-26-14-5-3-13(4-6-14)17-8-9-18-22-23-19(25(18)24-17)27-11-12-2-7-15(20)16(21)10-12/h2-10H,11H2,1H3. The number of rotatable bonds is 5. The summed E-state index contributed by atoms with van der Waals surface area (Å²) in [5.41, 5.74) is 2.96. The smallest absolute Gasteiger partial charge is 0.212 e. The van der Waals surface area contributed by atoms with Crippen LogP contribution in [0, 0.1) is 11.6 Å². The number of benzene rings is 2. The number of fused-ring (bicyclic) bond motifs is 1. The second-order valence-electron chi connectivity index (χ2n) is 5.74. The number of methoxy groups -OCH3 is 1. The van der Waals surface area contributed by atoms with Gasteiger partial charge in [0.2, 0.25) is 5.16 Å². The zero-order chi connectivity index (χ0) is 18.8. The number of hydrogen-bond acceptors (Lipinski definition) is 5. The maximum atomic E-state index is 13.4. The van der Waals surface area contributed by atoms with E-state index in [0.29, 0.717) is 22.1 Å². The van der Waals surface area contributed by atoms with Gasteiger partial charge in [-0.25, -0.2) is 8.78 Å². The van der Waals surface area contributed by atoms with Crippen molar-refractivity contribution in [2.75, 3.05) is 7.11 Å². The van der Waals surface area contributed by atoms with Gasteiger partial charge in [0.05, 0.1) is 12.8 Å². The third-order valence-electron chi connectivity index (χ3n) is 3.97. The van der Waals surface area contributed by atoms with Crippen molar-refractivity contribution in [1.29, 1.82) is 0 Å². The van der Waals surface area contributed by atoms with Gasteiger partial charge in [-0.05, 0) is 54.1 Å². The van der Waals surface area contributed by atoms with E-state index in [-0.39, 0.29) is 0 Å². The zero-order valence-corrected chi connectivity index (χ0v) is 15.1. The lowest BCUT2D eigenvalue weighted by Gasteiger charge is -2.05. The van der Waals surface area contributed by atoms with Crippen LogP contribution in [0.5, 0.6) is 5.75 Å². The average molecular weight is 384 g/mol. The fraction of sp³-hybridized carbons (Fsp3) is 0.105. The highest BCUT2D eigenvalue weighted by Gasteiger charge is 2.11. The predicted molar refractivity (Wildman–Crippen MR) is 98.7 cm³/mol. The van der Waals surface area contributed by atoms with Crippen LogP contribution in [-0.4, -0.2) is 26.9 Å². The highest BCUT2D eigenvalue weighted by Crippen LogP contribution is 2.25. The van der Waals surface area contributed by atoms with Crippen molar-refractivity contribution >= 4 is 17.4 Å². The monoisotopic (exact) mass is 384 g/mol. The van der Waals surface area contributed by atoms with Gasteiger partial charge in [0.15, 0.2) is 17.3 Å². The van der Waals surface area contributed by atoms with E-state index in [1.54, 1.807) is 17.7 Å². The van der Waals surface area contributed by atoms with Crippen molar-refractivity contribution in [1.82, 2.24) is 19.8 Å². The largest absolute Gasteiger partial charge is 0.497 e. The second-order valence-corrected chi connectivity index (χ2v) is 6.68. The first kappa shape index (κ1) is 17.4. The average Bonchev–Trinajstić information content (AvgIpc) is 3.11. The lowest BCUT2D eigenvalue weighted by atomic mass is 10.1. The summed E-state index contributed by atoms with van der Waals surface area (Å²) in [6.07, 6.45) is 0. The number of halogens is 2. The molecule has 136 valence electrons. The van der Waals surface area contributed by atoms with Gasteiger partial charge in [0.25, 0.3) is 0 Å². The fourth-order valence-corrected chi connectivity index (χ4v) is 3.38. The molecule has 0 aliphatic heterocycles. The van der Waals surface area contributed by atoms with Crippen molar-refractivity contribution in [2.45, 2.75) is 10.9 Å². The minimum atomic E-state index is -0.862. The SMILES string of the molecule is COc1ccc(-c2ccc3nnc(SCc4ccc(F)c(F)c4)n3n2)cc1. The minimum Gasteiger partial charge on any atom is -0.497 e. The van der Waals surface area contributed by atoms with Gasteiger partial charge >= 0.3 is 0 Å². The van der Waals surface area contributed by atoms with Gasteiger partial charge in [0.1, 0.15) is 5.75 Å². The Balaban J connectivity index is 1.60. The molecule has 0 atom stereocenters. The van der Waals surface area contributed by atoms with Crippen molar-refractivity contribution in [2.24, 2.45) is 0 Å². The molecule has 4 aromatic rings. The summed E-state index contributed by atoms with van der Waals surface area (Å²) in [6, 6.07) is 15.1. The van der Waals surface area contributed by atoms with Crippen LogP contribution < -0.4 is 4.74 Å². The summed E-state index contributed by atoms with van der Waals surface area (Å²) in [5.74, 6) is -0.527. The van der Waals surface area contributed by atoms with Crippen molar-refractivity contribution < 1.29 is 13.5 Å². The van der Waals surface area contributed by atoms with E-state index in [2.05, 4.69) is 15.3 Å². The lowest BCUT2D eigenvalue weighted by Crippen LogP contribution is -1.97. The van der Waals surface area contributed by atoms with Crippen LogP contribution in [0.25, 0.3) is 16.9 Å². The molecule has 0 saturated heterocycles. The molecular weight excluding hydrogens is 370 g/mol. The number of aromatic nitrogens is 4. The van der Waals surface area contributed by atoms with E-state index in [9.17, 15) is 8.78 Å². The van der Waals surface area contributed by atoms with Gasteiger partial charge in [-0.1, -0.05) is 17.8 Å². The van der Waals surface area contributed by atoms with Crippen molar-refractivity contribution in [3.8, 4) is 17.0 Å². The Morgan fingerprint density at radius 2 is 1.78 bits per heavy atom. The highest BCUT2D eigenvalue weighted by atomic mass is 32.2. The van der Waals surface area contributed by atoms with Crippen LogP contribution in [0.3, 0.4) is 0 Å². The van der Waals surface area contributed by atoms with E-state index in [0.717, 1.165) is 23.1 Å². The molecule has 4 rings (SSSR count). The molecule has 27 heavy (non-hydrogen) atoms. The third kappa shape index (κ3) is 3.61. The first-order valence-electron chi connectivity index (χ1n) is 8.07. The van der Waals surface area contributed by atoms with Crippen LogP contribution in [0.15, 0.2) is 59.8 Å². The molecule has 0 saturated carbocycles. The Labute approximate surface area is 158 Å². The van der Waals surface area contributed by atoms with Crippen LogP contribution in [0.4, 0.5) is 8.78 Å². The molecule has 2 heterocycles. The van der Waals surface area contributed by atoms with Crippen LogP contribution in [0.2, 0.25) is 0 Å². The Bertz CT molecular complexity index is 1100. The number of nitrogens with zero attached hydrogens (tertiary/aromatic N) is 4. The summed E-state index contributed by atoms with van der Waals surface area (Å²) >= 11 is 1.35. The van der Waals surface area contributed by atoms with E-state index < -0.39 is 11.6 Å². The van der Waals surface area contributed by atoms with Gasteiger partial charge < -0.3 is 4.74 Å². The molecule has 5 nitrogen and oxygen atoms in total. The zero-order valence-electron chi connectivity index (χ0n) is 14.3. The van der Waals surface area contributed by atoms with E-state index in [4.69, 9.17) is 4.74 Å². The summed E-state index contributed by atoms with van der Waals surface area (Å²) in [4.78, 5) is 0. The molecule has 0 fully saturated rings. The molecule has 0 radical (unpaired) electrons. The summed E-state index contributed by atoms with van der Waals surface area (Å²) in [5, 5.41) is 13.4. The lowest BCUT2D eigenvalue weighted by molar-refractivity contribution is 0.415. The van der Waals surface area contributed by atoms with Gasteiger partial charge in [-0.15, -0.1) is 10.2 Å². The minimum absolute atomic E-state index is 0.423. The molecule has 0 amide bonds.